The number of anilines is 1. The molecule has 2 aromatic carbocycles. The number of benzene rings is 2. The lowest BCUT2D eigenvalue weighted by molar-refractivity contribution is -0.120. The molecule has 1 aliphatic carbocycles. The minimum Gasteiger partial charge on any atom is -0.352 e. The molecule has 1 fully saturated rings. The summed E-state index contributed by atoms with van der Waals surface area (Å²) in [4.78, 5) is 13.0. The summed E-state index contributed by atoms with van der Waals surface area (Å²) in [5.41, 5.74) is 1.24. The number of amides is 1. The number of hydrogen-bond donors (Lipinski definition) is 1. The van der Waals surface area contributed by atoms with Gasteiger partial charge < -0.3 is 5.32 Å². The molecule has 8 heteroatoms. The van der Waals surface area contributed by atoms with Gasteiger partial charge in [-0.15, -0.1) is 0 Å². The summed E-state index contributed by atoms with van der Waals surface area (Å²) < 4.78 is 28.0. The highest BCUT2D eigenvalue weighted by Gasteiger charge is 2.28. The number of carbonyl (C=O) groups is 1. The third-order valence-corrected chi connectivity index (χ3v) is 8.08. The van der Waals surface area contributed by atoms with Crippen molar-refractivity contribution in [2.24, 2.45) is 0 Å². The molecule has 1 amide bonds. The molecule has 0 atom stereocenters. The maximum atomic E-state index is 13.4. The van der Waals surface area contributed by atoms with E-state index in [1.165, 1.54) is 31.4 Å². The summed E-state index contributed by atoms with van der Waals surface area (Å²) in [5.74, 6) is -0.327. The molecule has 3 rings (SSSR count). The number of halogens is 2. The largest absolute Gasteiger partial charge is 0.352 e. The number of nitrogens with one attached hydrogen (secondary N) is 1. The molecule has 31 heavy (non-hydrogen) atoms. The first-order valence-corrected chi connectivity index (χ1v) is 12.8. The quantitative estimate of drug-likeness (QED) is 0.571. The Morgan fingerprint density at radius 1 is 0.968 bits per heavy atom. The number of sulfonamides is 1. The van der Waals surface area contributed by atoms with Crippen LogP contribution in [0.5, 0.6) is 0 Å². The van der Waals surface area contributed by atoms with Gasteiger partial charge in [0.15, 0.2) is 0 Å². The minimum absolute atomic E-state index is 0.0746. The van der Waals surface area contributed by atoms with Crippen LogP contribution in [0.4, 0.5) is 5.69 Å². The van der Waals surface area contributed by atoms with Gasteiger partial charge >= 0.3 is 0 Å². The predicted molar refractivity (Wildman–Crippen MR) is 126 cm³/mol. The van der Waals surface area contributed by atoms with Crippen molar-refractivity contribution in [3.8, 4) is 0 Å². The highest BCUT2D eigenvalue weighted by atomic mass is 35.5. The van der Waals surface area contributed by atoms with Crippen LogP contribution in [0.1, 0.15) is 50.5 Å². The van der Waals surface area contributed by atoms with Gasteiger partial charge in [0.05, 0.1) is 20.6 Å². The Hall–Kier alpha value is -1.76. The van der Waals surface area contributed by atoms with Crippen molar-refractivity contribution in [3.63, 3.8) is 0 Å². The Morgan fingerprint density at radius 3 is 2.19 bits per heavy atom. The SMILES string of the molecule is Cc1ccc(S(=O)(=O)N(CC(=O)NC2CCCCCCC2)c2ccc(Cl)c(Cl)c2)cc1. The summed E-state index contributed by atoms with van der Waals surface area (Å²) in [6, 6.07) is 11.2. The molecule has 1 aliphatic rings. The van der Waals surface area contributed by atoms with Gasteiger partial charge in [-0.05, 0) is 50.1 Å². The van der Waals surface area contributed by atoms with Crippen LogP contribution >= 0.6 is 23.2 Å². The van der Waals surface area contributed by atoms with E-state index in [0.29, 0.717) is 10.7 Å². The van der Waals surface area contributed by atoms with E-state index in [9.17, 15) is 13.2 Å². The zero-order chi connectivity index (χ0) is 22.4. The Morgan fingerprint density at radius 2 is 1.58 bits per heavy atom. The van der Waals surface area contributed by atoms with E-state index in [1.54, 1.807) is 30.3 Å². The van der Waals surface area contributed by atoms with Crippen LogP contribution < -0.4 is 9.62 Å². The molecule has 0 radical (unpaired) electrons. The molecular weight excluding hydrogens is 455 g/mol. The average molecular weight is 483 g/mol. The van der Waals surface area contributed by atoms with Gasteiger partial charge in [0, 0.05) is 6.04 Å². The van der Waals surface area contributed by atoms with Crippen LogP contribution in [0.2, 0.25) is 10.0 Å². The highest BCUT2D eigenvalue weighted by Crippen LogP contribution is 2.30. The zero-order valence-corrected chi connectivity index (χ0v) is 19.9. The summed E-state index contributed by atoms with van der Waals surface area (Å²) in [6.07, 6.45) is 7.56. The topological polar surface area (TPSA) is 66.5 Å². The van der Waals surface area contributed by atoms with Crippen molar-refractivity contribution in [3.05, 3.63) is 58.1 Å². The maximum Gasteiger partial charge on any atom is 0.264 e. The summed E-state index contributed by atoms with van der Waals surface area (Å²) in [7, 11) is -3.98. The summed E-state index contributed by atoms with van der Waals surface area (Å²) in [6.45, 7) is 1.56. The molecular formula is C23H28Cl2N2O3S. The van der Waals surface area contributed by atoms with E-state index in [0.717, 1.165) is 35.6 Å². The zero-order valence-electron chi connectivity index (χ0n) is 17.6. The molecule has 0 bridgehead atoms. The third-order valence-electron chi connectivity index (χ3n) is 5.56. The normalized spacial score (nSPS) is 15.7. The van der Waals surface area contributed by atoms with Crippen LogP contribution in [-0.2, 0) is 14.8 Å². The van der Waals surface area contributed by atoms with E-state index >= 15 is 0 Å². The third kappa shape index (κ3) is 6.37. The average Bonchev–Trinajstić information content (AvgIpc) is 2.70. The second-order valence-corrected chi connectivity index (χ2v) is 10.7. The van der Waals surface area contributed by atoms with Crippen molar-refractivity contribution in [1.29, 1.82) is 0 Å². The van der Waals surface area contributed by atoms with Gasteiger partial charge in [-0.3, -0.25) is 9.10 Å². The first kappa shape index (κ1) is 23.9. The lowest BCUT2D eigenvalue weighted by atomic mass is 9.97. The smallest absolute Gasteiger partial charge is 0.264 e. The van der Waals surface area contributed by atoms with Crippen molar-refractivity contribution in [1.82, 2.24) is 5.32 Å². The van der Waals surface area contributed by atoms with Gasteiger partial charge in [-0.25, -0.2) is 8.42 Å². The van der Waals surface area contributed by atoms with Crippen molar-refractivity contribution < 1.29 is 13.2 Å². The molecule has 0 saturated heterocycles. The number of hydrogen-bond acceptors (Lipinski definition) is 3. The number of aryl methyl sites for hydroxylation is 1. The monoisotopic (exact) mass is 482 g/mol. The predicted octanol–water partition coefficient (Wildman–Crippen LogP) is 5.73. The van der Waals surface area contributed by atoms with Crippen LogP contribution in [0.15, 0.2) is 47.4 Å². The molecule has 0 heterocycles. The lowest BCUT2D eigenvalue weighted by Gasteiger charge is -2.26. The fraction of sp³-hybridized carbons (Fsp3) is 0.435. The molecule has 5 nitrogen and oxygen atoms in total. The van der Waals surface area contributed by atoms with Gasteiger partial charge in [-0.2, -0.15) is 0 Å². The van der Waals surface area contributed by atoms with E-state index < -0.39 is 10.0 Å². The fourth-order valence-electron chi connectivity index (χ4n) is 3.80. The highest BCUT2D eigenvalue weighted by molar-refractivity contribution is 7.92. The van der Waals surface area contributed by atoms with Gasteiger partial charge in [-0.1, -0.05) is 73.0 Å². The Balaban J connectivity index is 1.87. The van der Waals surface area contributed by atoms with E-state index in [-0.39, 0.29) is 28.4 Å². The van der Waals surface area contributed by atoms with Gasteiger partial charge in [0.2, 0.25) is 5.91 Å². The molecule has 2 aromatic rings. The summed E-state index contributed by atoms with van der Waals surface area (Å²) in [5, 5.41) is 3.58. The fourth-order valence-corrected chi connectivity index (χ4v) is 5.50. The molecule has 0 aromatic heterocycles. The maximum absolute atomic E-state index is 13.4. The molecule has 0 spiro atoms. The van der Waals surface area contributed by atoms with Crippen LogP contribution in [-0.4, -0.2) is 26.9 Å². The van der Waals surface area contributed by atoms with E-state index in [2.05, 4.69) is 5.32 Å². The van der Waals surface area contributed by atoms with Crippen LogP contribution in [0, 0.1) is 6.92 Å². The van der Waals surface area contributed by atoms with Crippen LogP contribution in [0.3, 0.4) is 0 Å². The molecule has 168 valence electrons. The van der Waals surface area contributed by atoms with Crippen LogP contribution in [0.25, 0.3) is 0 Å². The Labute approximate surface area is 194 Å². The van der Waals surface area contributed by atoms with Crippen molar-refractivity contribution in [2.45, 2.75) is 62.8 Å². The Kier molecular flexibility index (Phi) is 8.25. The second kappa shape index (κ2) is 10.7. The first-order chi connectivity index (χ1) is 14.8. The second-order valence-electron chi connectivity index (χ2n) is 8.03. The molecule has 0 aliphatic heterocycles. The van der Waals surface area contributed by atoms with E-state index in [1.807, 2.05) is 6.92 Å². The molecule has 1 N–H and O–H groups in total. The summed E-state index contributed by atoms with van der Waals surface area (Å²) >= 11 is 12.2. The Bertz CT molecular complexity index is 1000. The van der Waals surface area contributed by atoms with Gasteiger partial charge in [0.25, 0.3) is 10.0 Å². The molecule has 0 unspecified atom stereocenters. The minimum atomic E-state index is -3.98. The lowest BCUT2D eigenvalue weighted by Crippen LogP contribution is -2.44. The van der Waals surface area contributed by atoms with E-state index in [4.69, 9.17) is 23.2 Å². The number of rotatable bonds is 6. The first-order valence-electron chi connectivity index (χ1n) is 10.6. The van der Waals surface area contributed by atoms with Gasteiger partial charge in [0.1, 0.15) is 6.54 Å². The number of nitrogens with zero attached hydrogens (tertiary/aromatic N) is 1. The standard InChI is InChI=1S/C23H28Cl2N2O3S/c1-17-9-12-20(13-10-17)31(29,30)27(19-11-14-21(24)22(25)15-19)16-23(28)26-18-7-5-3-2-4-6-8-18/h9-15,18H,2-8,16H2,1H3,(H,26,28). The van der Waals surface area contributed by atoms with Crippen molar-refractivity contribution in [2.75, 3.05) is 10.8 Å². The number of carbonyl (C=O) groups excluding carboxylic acids is 1. The molecule has 1 saturated carbocycles. The van der Waals surface area contributed by atoms with Crippen molar-refractivity contribution >= 4 is 44.8 Å².